The highest BCUT2D eigenvalue weighted by molar-refractivity contribution is 6.30. The molecule has 1 aliphatic heterocycles. The Morgan fingerprint density at radius 1 is 0.905 bits per heavy atom. The summed E-state index contributed by atoms with van der Waals surface area (Å²) < 4.78 is 11.4. The van der Waals surface area contributed by atoms with Crippen LogP contribution in [0.5, 0.6) is 5.75 Å². The standard InChI is InChI=1S/C34H28ClN3O4/c1-41-29-15-9-7-13-25(29)28-20-27(37-38(28)34(40)32(42-2)22-10-4-3-5-11-22)31-30(21-16-18-23(35)19-17-21)24-12-6-8-14-26(24)36-33(31)39/h3-19,28,32H,20H2,1-2H3,(H,36,39)/t28-,32-/m1/s1. The van der Waals surface area contributed by atoms with E-state index in [2.05, 4.69) is 4.98 Å². The number of pyridine rings is 1. The number of amides is 1. The zero-order valence-corrected chi connectivity index (χ0v) is 23.8. The number of nitrogens with zero attached hydrogens (tertiary/aromatic N) is 2. The van der Waals surface area contributed by atoms with Crippen molar-refractivity contribution in [1.29, 1.82) is 0 Å². The minimum atomic E-state index is -0.892. The third-order valence-electron chi connectivity index (χ3n) is 7.54. The van der Waals surface area contributed by atoms with E-state index in [0.717, 1.165) is 22.1 Å². The molecule has 0 radical (unpaired) electrons. The lowest BCUT2D eigenvalue weighted by Crippen LogP contribution is -2.32. The Hall–Kier alpha value is -4.72. The van der Waals surface area contributed by atoms with Crippen molar-refractivity contribution in [3.63, 3.8) is 0 Å². The Balaban J connectivity index is 1.56. The number of carbonyl (C=O) groups is 1. The lowest BCUT2D eigenvalue weighted by molar-refractivity contribution is -0.144. The third-order valence-corrected chi connectivity index (χ3v) is 7.79. The fraction of sp³-hybridized carbons (Fsp3) is 0.147. The summed E-state index contributed by atoms with van der Waals surface area (Å²) >= 11 is 6.22. The Morgan fingerprint density at radius 2 is 1.60 bits per heavy atom. The highest BCUT2D eigenvalue weighted by Gasteiger charge is 2.39. The van der Waals surface area contributed by atoms with Crippen molar-refractivity contribution in [3.8, 4) is 16.9 Å². The lowest BCUT2D eigenvalue weighted by atomic mass is 9.90. The van der Waals surface area contributed by atoms with Gasteiger partial charge < -0.3 is 14.5 Å². The topological polar surface area (TPSA) is 84.0 Å². The Kier molecular flexibility index (Phi) is 7.61. The number of hydrogen-bond donors (Lipinski definition) is 1. The number of H-pyrrole nitrogens is 1. The second-order valence-corrected chi connectivity index (χ2v) is 10.4. The van der Waals surface area contributed by atoms with Gasteiger partial charge in [0.05, 0.1) is 24.4 Å². The third kappa shape index (κ3) is 4.98. The van der Waals surface area contributed by atoms with E-state index in [-0.39, 0.29) is 11.5 Å². The predicted molar refractivity (Wildman–Crippen MR) is 165 cm³/mol. The van der Waals surface area contributed by atoms with Crippen LogP contribution >= 0.6 is 11.6 Å². The first-order valence-corrected chi connectivity index (χ1v) is 13.9. The smallest absolute Gasteiger partial charge is 0.276 e. The molecule has 1 aliphatic rings. The molecule has 1 N–H and O–H groups in total. The Bertz CT molecular complexity index is 1850. The average Bonchev–Trinajstić information content (AvgIpc) is 3.46. The highest BCUT2D eigenvalue weighted by Crippen LogP contribution is 2.41. The van der Waals surface area contributed by atoms with Crippen LogP contribution in [0.15, 0.2) is 113 Å². The monoisotopic (exact) mass is 577 g/mol. The fourth-order valence-electron chi connectivity index (χ4n) is 5.61. The average molecular weight is 578 g/mol. The number of para-hydroxylation sites is 2. The maximum absolute atomic E-state index is 14.2. The molecule has 0 saturated carbocycles. The molecular formula is C34H28ClN3O4. The molecule has 0 aliphatic carbocycles. The van der Waals surface area contributed by atoms with Crippen molar-refractivity contribution >= 4 is 34.1 Å². The normalized spacial score (nSPS) is 15.5. The molecule has 0 bridgehead atoms. The van der Waals surface area contributed by atoms with Gasteiger partial charge in [0.2, 0.25) is 0 Å². The number of methoxy groups -OCH3 is 2. The maximum Gasteiger partial charge on any atom is 0.276 e. The SMILES string of the molecule is COc1ccccc1[C@H]1CC(c2c(-c3ccc(Cl)cc3)c3ccccc3[nH]c2=O)=NN1C(=O)[C@H](OC)c1ccccc1. The van der Waals surface area contributed by atoms with Gasteiger partial charge in [-0.15, -0.1) is 0 Å². The second-order valence-electron chi connectivity index (χ2n) is 9.97. The van der Waals surface area contributed by atoms with E-state index in [1.54, 1.807) is 19.2 Å². The first kappa shape index (κ1) is 27.4. The van der Waals surface area contributed by atoms with Crippen LogP contribution in [0.2, 0.25) is 5.02 Å². The molecule has 42 heavy (non-hydrogen) atoms. The van der Waals surface area contributed by atoms with Gasteiger partial charge in [-0.1, -0.05) is 90.5 Å². The van der Waals surface area contributed by atoms with Crippen LogP contribution in [0.4, 0.5) is 0 Å². The summed E-state index contributed by atoms with van der Waals surface area (Å²) in [6, 6.07) is 31.3. The first-order chi connectivity index (χ1) is 20.5. The molecule has 5 aromatic rings. The number of rotatable bonds is 7. The number of aromatic amines is 1. The zero-order valence-electron chi connectivity index (χ0n) is 23.1. The van der Waals surface area contributed by atoms with E-state index in [1.807, 2.05) is 91.0 Å². The van der Waals surface area contributed by atoms with E-state index in [4.69, 9.17) is 26.2 Å². The van der Waals surface area contributed by atoms with E-state index in [0.29, 0.717) is 39.5 Å². The van der Waals surface area contributed by atoms with E-state index >= 15 is 0 Å². The van der Waals surface area contributed by atoms with Gasteiger partial charge in [0.15, 0.2) is 6.10 Å². The molecule has 0 unspecified atom stereocenters. The van der Waals surface area contributed by atoms with Crippen LogP contribution in [-0.4, -0.2) is 35.8 Å². The molecule has 7 nitrogen and oxygen atoms in total. The molecule has 8 heteroatoms. The Morgan fingerprint density at radius 3 is 2.33 bits per heavy atom. The van der Waals surface area contributed by atoms with Crippen LogP contribution < -0.4 is 10.3 Å². The predicted octanol–water partition coefficient (Wildman–Crippen LogP) is 6.92. The molecule has 2 heterocycles. The summed E-state index contributed by atoms with van der Waals surface area (Å²) in [6.45, 7) is 0. The molecule has 0 fully saturated rings. The van der Waals surface area contributed by atoms with Crippen molar-refractivity contribution in [3.05, 3.63) is 135 Å². The lowest BCUT2D eigenvalue weighted by Gasteiger charge is -2.27. The highest BCUT2D eigenvalue weighted by atomic mass is 35.5. The van der Waals surface area contributed by atoms with Crippen LogP contribution in [0.3, 0.4) is 0 Å². The van der Waals surface area contributed by atoms with Gasteiger partial charge in [-0.05, 0) is 35.4 Å². The van der Waals surface area contributed by atoms with E-state index in [1.165, 1.54) is 12.1 Å². The summed E-state index contributed by atoms with van der Waals surface area (Å²) in [7, 11) is 3.09. The van der Waals surface area contributed by atoms with Gasteiger partial charge in [0.1, 0.15) is 5.75 Å². The van der Waals surface area contributed by atoms with Gasteiger partial charge in [-0.2, -0.15) is 5.10 Å². The van der Waals surface area contributed by atoms with E-state index < -0.39 is 12.1 Å². The maximum atomic E-state index is 14.2. The van der Waals surface area contributed by atoms with Crippen molar-refractivity contribution in [1.82, 2.24) is 9.99 Å². The summed E-state index contributed by atoms with van der Waals surface area (Å²) in [5.41, 5.74) is 4.32. The van der Waals surface area contributed by atoms with Gasteiger partial charge >= 0.3 is 0 Å². The van der Waals surface area contributed by atoms with Crippen LogP contribution in [0.1, 0.15) is 35.3 Å². The molecule has 4 aromatic carbocycles. The van der Waals surface area contributed by atoms with Crippen LogP contribution in [-0.2, 0) is 9.53 Å². The number of aromatic nitrogens is 1. The molecule has 6 rings (SSSR count). The number of ether oxygens (including phenoxy) is 2. The zero-order chi connectivity index (χ0) is 29.2. The molecule has 2 atom stereocenters. The van der Waals surface area contributed by atoms with E-state index in [9.17, 15) is 9.59 Å². The number of hydrazone groups is 1. The summed E-state index contributed by atoms with van der Waals surface area (Å²) in [5, 5.41) is 7.76. The largest absolute Gasteiger partial charge is 0.496 e. The Labute approximate surface area is 248 Å². The summed E-state index contributed by atoms with van der Waals surface area (Å²) in [6.07, 6.45) is -0.601. The number of hydrogen-bond acceptors (Lipinski definition) is 5. The number of halogens is 1. The fourth-order valence-corrected chi connectivity index (χ4v) is 5.74. The number of nitrogens with one attached hydrogen (secondary N) is 1. The molecule has 1 aromatic heterocycles. The summed E-state index contributed by atoms with van der Waals surface area (Å²) in [4.78, 5) is 31.0. The van der Waals surface area contributed by atoms with Crippen molar-refractivity contribution in [2.45, 2.75) is 18.6 Å². The van der Waals surface area contributed by atoms with Crippen LogP contribution in [0.25, 0.3) is 22.0 Å². The molecular weight excluding hydrogens is 550 g/mol. The van der Waals surface area contributed by atoms with Crippen molar-refractivity contribution < 1.29 is 14.3 Å². The molecule has 0 saturated heterocycles. The van der Waals surface area contributed by atoms with Crippen LogP contribution in [0, 0.1) is 0 Å². The number of fused-ring (bicyclic) bond motifs is 1. The minimum Gasteiger partial charge on any atom is -0.496 e. The molecule has 0 spiro atoms. The second kappa shape index (κ2) is 11.6. The van der Waals surface area contributed by atoms with Gasteiger partial charge in [0, 0.05) is 40.6 Å². The van der Waals surface area contributed by atoms with Gasteiger partial charge in [0.25, 0.3) is 11.5 Å². The van der Waals surface area contributed by atoms with Gasteiger partial charge in [-0.25, -0.2) is 5.01 Å². The van der Waals surface area contributed by atoms with Crippen molar-refractivity contribution in [2.75, 3.05) is 14.2 Å². The quantitative estimate of drug-likeness (QED) is 0.227. The number of benzene rings is 4. The van der Waals surface area contributed by atoms with Crippen molar-refractivity contribution in [2.24, 2.45) is 5.10 Å². The molecule has 1 amide bonds. The van der Waals surface area contributed by atoms with Gasteiger partial charge in [-0.3, -0.25) is 9.59 Å². The minimum absolute atomic E-state index is 0.291. The number of carbonyl (C=O) groups excluding carboxylic acids is 1. The summed E-state index contributed by atoms with van der Waals surface area (Å²) in [5.74, 6) is 0.274. The first-order valence-electron chi connectivity index (χ1n) is 13.5. The molecule has 210 valence electrons.